The minimum Gasteiger partial charge on any atom is -0.350 e. The van der Waals surface area contributed by atoms with Crippen molar-refractivity contribution in [3.63, 3.8) is 0 Å². The highest BCUT2D eigenvalue weighted by atomic mass is 19.1. The molecule has 0 bridgehead atoms. The van der Waals surface area contributed by atoms with E-state index in [2.05, 4.69) is 15.6 Å². The number of hydrogen-bond acceptors (Lipinski definition) is 5. The molecule has 0 radical (unpaired) electrons. The van der Waals surface area contributed by atoms with Crippen LogP contribution in [-0.4, -0.2) is 32.4 Å². The van der Waals surface area contributed by atoms with Gasteiger partial charge >= 0.3 is 0 Å². The first kappa shape index (κ1) is 22.9. The molecule has 0 aliphatic carbocycles. The second-order valence-corrected chi connectivity index (χ2v) is 8.63. The van der Waals surface area contributed by atoms with Gasteiger partial charge in [0, 0.05) is 19.8 Å². The largest absolute Gasteiger partial charge is 0.350 e. The van der Waals surface area contributed by atoms with E-state index in [1.54, 1.807) is 48.3 Å². The number of nitrogens with one attached hydrogen (secondary N) is 2. The van der Waals surface area contributed by atoms with E-state index in [0.29, 0.717) is 35.0 Å². The number of piperidine rings is 1. The maximum atomic E-state index is 13.7. The summed E-state index contributed by atoms with van der Waals surface area (Å²) in [5.41, 5.74) is 3.12. The lowest BCUT2D eigenvalue weighted by molar-refractivity contribution is 0.313. The first-order valence-corrected chi connectivity index (χ1v) is 11.6. The molecule has 1 fully saturated rings. The Kier molecular flexibility index (Phi) is 6.41. The summed E-state index contributed by atoms with van der Waals surface area (Å²) in [6.45, 7) is 2.14. The number of rotatable bonds is 6. The fourth-order valence-corrected chi connectivity index (χ4v) is 4.59. The van der Waals surface area contributed by atoms with Crippen molar-refractivity contribution in [2.45, 2.75) is 25.4 Å². The lowest BCUT2D eigenvalue weighted by Gasteiger charge is -2.27. The molecule has 3 heterocycles. The Morgan fingerprint density at radius 2 is 1.66 bits per heavy atom. The van der Waals surface area contributed by atoms with Crippen LogP contribution >= 0.6 is 0 Å². The number of hydrogen-bond donors (Lipinski definition) is 2. The second kappa shape index (κ2) is 9.79. The maximum Gasteiger partial charge on any atom is 0.274 e. The Hall–Kier alpha value is -3.85. The minimum atomic E-state index is -0.362. The first-order valence-electron chi connectivity index (χ1n) is 11.6. The fraction of sp³-hybridized carbons (Fsp3) is 0.269. The highest BCUT2D eigenvalue weighted by Gasteiger charge is 2.27. The summed E-state index contributed by atoms with van der Waals surface area (Å²) in [7, 11) is 1.76. The van der Waals surface area contributed by atoms with E-state index in [0.717, 1.165) is 31.5 Å². The first-order chi connectivity index (χ1) is 17.0. The van der Waals surface area contributed by atoms with E-state index < -0.39 is 0 Å². The van der Waals surface area contributed by atoms with Gasteiger partial charge in [0.15, 0.2) is 0 Å². The number of aromatic nitrogens is 4. The lowest BCUT2D eigenvalue weighted by Crippen LogP contribution is -2.33. The molecule has 5 rings (SSSR count). The van der Waals surface area contributed by atoms with Crippen molar-refractivity contribution < 1.29 is 8.78 Å². The van der Waals surface area contributed by atoms with Crippen LogP contribution in [0.15, 0.2) is 65.6 Å². The molecular weight excluding hydrogens is 450 g/mol. The van der Waals surface area contributed by atoms with Crippen LogP contribution < -0.4 is 16.2 Å². The Bertz CT molecular complexity index is 1370. The third kappa shape index (κ3) is 4.72. The van der Waals surface area contributed by atoms with Crippen molar-refractivity contribution in [1.29, 1.82) is 0 Å². The monoisotopic (exact) mass is 476 g/mol. The zero-order valence-electron chi connectivity index (χ0n) is 19.3. The van der Waals surface area contributed by atoms with E-state index in [9.17, 15) is 13.6 Å². The second-order valence-electron chi connectivity index (χ2n) is 8.63. The summed E-state index contributed by atoms with van der Waals surface area (Å²) < 4.78 is 30.5. The van der Waals surface area contributed by atoms with E-state index >= 15 is 0 Å². The number of benzene rings is 2. The molecule has 0 unspecified atom stereocenters. The van der Waals surface area contributed by atoms with Gasteiger partial charge in [-0.2, -0.15) is 0 Å². The minimum absolute atomic E-state index is 0.115. The topological polar surface area (TPSA) is 76.8 Å². The maximum absolute atomic E-state index is 13.7. The SMILES string of the molecule is Cn1c(=O)c(-c2ccc(F)cc2)c(-c2ccnc(NCc3ccc(F)cc3)n2)n1C1CCNCC1. The number of nitrogens with zero attached hydrogens (tertiary/aromatic N) is 4. The molecule has 4 aromatic rings. The molecule has 0 spiro atoms. The summed E-state index contributed by atoms with van der Waals surface area (Å²) in [5, 5.41) is 6.55. The average Bonchev–Trinajstić information content (AvgIpc) is 3.15. The third-order valence-electron chi connectivity index (χ3n) is 6.35. The van der Waals surface area contributed by atoms with Gasteiger partial charge in [-0.1, -0.05) is 24.3 Å². The van der Waals surface area contributed by atoms with E-state index in [-0.39, 0.29) is 23.2 Å². The summed E-state index contributed by atoms with van der Waals surface area (Å²) >= 11 is 0. The van der Waals surface area contributed by atoms with Crippen LogP contribution in [0.2, 0.25) is 0 Å². The number of anilines is 1. The third-order valence-corrected chi connectivity index (χ3v) is 6.35. The van der Waals surface area contributed by atoms with Gasteiger partial charge in [-0.3, -0.25) is 14.2 Å². The smallest absolute Gasteiger partial charge is 0.274 e. The molecule has 0 saturated carbocycles. The molecule has 180 valence electrons. The lowest BCUT2D eigenvalue weighted by atomic mass is 10.0. The quantitative estimate of drug-likeness (QED) is 0.438. The molecule has 9 heteroatoms. The van der Waals surface area contributed by atoms with Gasteiger partial charge in [0.05, 0.1) is 23.0 Å². The molecule has 0 atom stereocenters. The Morgan fingerprint density at radius 3 is 2.34 bits per heavy atom. The zero-order chi connectivity index (χ0) is 24.4. The fourth-order valence-electron chi connectivity index (χ4n) is 4.59. The van der Waals surface area contributed by atoms with Crippen molar-refractivity contribution in [2.75, 3.05) is 18.4 Å². The van der Waals surface area contributed by atoms with Gasteiger partial charge in [0.2, 0.25) is 5.95 Å². The molecule has 35 heavy (non-hydrogen) atoms. The highest BCUT2D eigenvalue weighted by molar-refractivity contribution is 5.79. The Morgan fingerprint density at radius 1 is 1.00 bits per heavy atom. The predicted molar refractivity (Wildman–Crippen MR) is 131 cm³/mol. The molecule has 2 aromatic heterocycles. The van der Waals surface area contributed by atoms with Crippen molar-refractivity contribution in [1.82, 2.24) is 24.6 Å². The van der Waals surface area contributed by atoms with Gasteiger partial charge in [0.25, 0.3) is 5.56 Å². The summed E-state index contributed by atoms with van der Waals surface area (Å²) in [4.78, 5) is 22.5. The van der Waals surface area contributed by atoms with E-state index in [4.69, 9.17) is 4.98 Å². The van der Waals surface area contributed by atoms with E-state index in [1.165, 1.54) is 24.3 Å². The van der Waals surface area contributed by atoms with Crippen LogP contribution in [-0.2, 0) is 13.6 Å². The number of halogens is 2. The van der Waals surface area contributed by atoms with Gasteiger partial charge in [0.1, 0.15) is 11.6 Å². The molecule has 2 N–H and O–H groups in total. The Balaban J connectivity index is 1.59. The molecule has 1 saturated heterocycles. The van der Waals surface area contributed by atoms with Crippen molar-refractivity contribution >= 4 is 5.95 Å². The zero-order valence-corrected chi connectivity index (χ0v) is 19.3. The van der Waals surface area contributed by atoms with Crippen LogP contribution in [0.5, 0.6) is 0 Å². The van der Waals surface area contributed by atoms with Gasteiger partial charge in [-0.05, 0) is 67.4 Å². The van der Waals surface area contributed by atoms with Gasteiger partial charge < -0.3 is 10.6 Å². The van der Waals surface area contributed by atoms with Crippen molar-refractivity contribution in [2.24, 2.45) is 7.05 Å². The van der Waals surface area contributed by atoms with Crippen LogP contribution in [0.3, 0.4) is 0 Å². The van der Waals surface area contributed by atoms with Crippen molar-refractivity contribution in [3.8, 4) is 22.5 Å². The van der Waals surface area contributed by atoms with Crippen LogP contribution in [0, 0.1) is 11.6 Å². The molecule has 7 nitrogen and oxygen atoms in total. The molecule has 2 aromatic carbocycles. The average molecular weight is 477 g/mol. The van der Waals surface area contributed by atoms with Crippen LogP contribution in [0.4, 0.5) is 14.7 Å². The summed E-state index contributed by atoms with van der Waals surface area (Å²) in [5.74, 6) is -0.260. The predicted octanol–water partition coefficient (Wildman–Crippen LogP) is 4.13. The Labute approximate surface area is 201 Å². The molecule has 1 aliphatic rings. The van der Waals surface area contributed by atoms with Gasteiger partial charge in [-0.25, -0.2) is 18.7 Å². The van der Waals surface area contributed by atoms with Crippen LogP contribution in [0.1, 0.15) is 24.4 Å². The van der Waals surface area contributed by atoms with Crippen LogP contribution in [0.25, 0.3) is 22.5 Å². The molecular formula is C26H26F2N6O. The molecule has 0 amide bonds. The summed E-state index contributed by atoms with van der Waals surface area (Å²) in [6, 6.07) is 14.1. The molecule has 1 aliphatic heterocycles. The normalized spacial score (nSPS) is 14.3. The summed E-state index contributed by atoms with van der Waals surface area (Å²) in [6.07, 6.45) is 3.39. The highest BCUT2D eigenvalue weighted by Crippen LogP contribution is 2.34. The van der Waals surface area contributed by atoms with Gasteiger partial charge in [-0.15, -0.1) is 0 Å². The van der Waals surface area contributed by atoms with Crippen molar-refractivity contribution in [3.05, 3.63) is 88.3 Å². The van der Waals surface area contributed by atoms with E-state index in [1.807, 2.05) is 4.68 Å². The standard InChI is InChI=1S/C26H26F2N6O/c1-33-25(35)23(18-4-8-20(28)9-5-18)24(34(33)21-10-13-29-14-11-21)22-12-15-30-26(32-22)31-16-17-2-6-19(27)7-3-17/h2-9,12,15,21,29H,10-11,13-14,16H2,1H3,(H,30,31,32).